The van der Waals surface area contributed by atoms with Gasteiger partial charge in [0.25, 0.3) is 5.91 Å². The standard InChI is InChI=1S/C24H30N2O3/c1-24(2,3)29-22(27)8-6-7-17-9-12-19(13-10-17)26-16-18-11-14-20(25(4)5)15-21(18)23(26)28/h9-15H,6-8,16H2,1-5H3. The smallest absolute Gasteiger partial charge is 0.306 e. The topological polar surface area (TPSA) is 49.9 Å². The van der Waals surface area contributed by atoms with Crippen molar-refractivity contribution >= 4 is 23.3 Å². The van der Waals surface area contributed by atoms with Crippen LogP contribution in [0.3, 0.4) is 0 Å². The van der Waals surface area contributed by atoms with Gasteiger partial charge in [0.05, 0.1) is 6.54 Å². The largest absolute Gasteiger partial charge is 0.460 e. The second kappa shape index (κ2) is 8.27. The number of carbonyl (C=O) groups is 2. The first kappa shape index (κ1) is 20.9. The molecule has 0 saturated carbocycles. The molecule has 1 aliphatic heterocycles. The van der Waals surface area contributed by atoms with E-state index in [9.17, 15) is 9.59 Å². The van der Waals surface area contributed by atoms with Crippen molar-refractivity contribution in [3.8, 4) is 0 Å². The lowest BCUT2D eigenvalue weighted by molar-refractivity contribution is -0.154. The highest BCUT2D eigenvalue weighted by atomic mass is 16.6. The average Bonchev–Trinajstić information content (AvgIpc) is 2.97. The lowest BCUT2D eigenvalue weighted by atomic mass is 10.1. The zero-order chi connectivity index (χ0) is 21.2. The van der Waals surface area contributed by atoms with E-state index in [0.717, 1.165) is 40.9 Å². The van der Waals surface area contributed by atoms with Crippen molar-refractivity contribution in [2.24, 2.45) is 0 Å². The number of hydrogen-bond acceptors (Lipinski definition) is 4. The number of hydrogen-bond donors (Lipinski definition) is 0. The normalized spacial score (nSPS) is 13.4. The fourth-order valence-electron chi connectivity index (χ4n) is 3.45. The molecular weight excluding hydrogens is 364 g/mol. The van der Waals surface area contributed by atoms with Crippen LogP contribution in [0.25, 0.3) is 0 Å². The molecule has 0 aliphatic carbocycles. The molecular formula is C24H30N2O3. The zero-order valence-corrected chi connectivity index (χ0v) is 18.0. The first-order chi connectivity index (χ1) is 13.6. The summed E-state index contributed by atoms with van der Waals surface area (Å²) >= 11 is 0. The van der Waals surface area contributed by atoms with E-state index >= 15 is 0 Å². The molecule has 0 saturated heterocycles. The Bertz CT molecular complexity index is 895. The van der Waals surface area contributed by atoms with Crippen LogP contribution in [0.4, 0.5) is 11.4 Å². The number of amides is 1. The van der Waals surface area contributed by atoms with Crippen molar-refractivity contribution in [2.75, 3.05) is 23.9 Å². The Hall–Kier alpha value is -2.82. The molecule has 3 rings (SSSR count). The van der Waals surface area contributed by atoms with Crippen LogP contribution in [0.2, 0.25) is 0 Å². The van der Waals surface area contributed by atoms with Crippen molar-refractivity contribution < 1.29 is 14.3 Å². The molecule has 1 amide bonds. The summed E-state index contributed by atoms with van der Waals surface area (Å²) in [5.74, 6) is -0.118. The lowest BCUT2D eigenvalue weighted by Crippen LogP contribution is -2.23. The van der Waals surface area contributed by atoms with E-state index in [-0.39, 0.29) is 11.9 Å². The molecule has 0 radical (unpaired) electrons. The maximum Gasteiger partial charge on any atom is 0.306 e. The summed E-state index contributed by atoms with van der Waals surface area (Å²) in [5, 5.41) is 0. The molecule has 1 aliphatic rings. The molecule has 0 spiro atoms. The van der Waals surface area contributed by atoms with Gasteiger partial charge in [0.1, 0.15) is 5.60 Å². The highest BCUT2D eigenvalue weighted by Crippen LogP contribution is 2.31. The minimum atomic E-state index is -0.439. The predicted molar refractivity (Wildman–Crippen MR) is 117 cm³/mol. The van der Waals surface area contributed by atoms with Crippen molar-refractivity contribution in [1.29, 1.82) is 0 Å². The van der Waals surface area contributed by atoms with Gasteiger partial charge < -0.3 is 14.5 Å². The summed E-state index contributed by atoms with van der Waals surface area (Å²) in [7, 11) is 3.95. The Morgan fingerprint density at radius 2 is 1.79 bits per heavy atom. The first-order valence-electron chi connectivity index (χ1n) is 10.1. The molecule has 2 aromatic carbocycles. The number of benzene rings is 2. The van der Waals surface area contributed by atoms with Gasteiger partial charge in [-0.25, -0.2) is 0 Å². The van der Waals surface area contributed by atoms with Gasteiger partial charge in [-0.2, -0.15) is 0 Å². The maximum atomic E-state index is 12.9. The summed E-state index contributed by atoms with van der Waals surface area (Å²) < 4.78 is 5.34. The summed E-state index contributed by atoms with van der Waals surface area (Å²) in [6, 6.07) is 14.1. The van der Waals surface area contributed by atoms with Gasteiger partial charge in [-0.1, -0.05) is 18.2 Å². The quantitative estimate of drug-likeness (QED) is 0.673. The van der Waals surface area contributed by atoms with E-state index in [0.29, 0.717) is 13.0 Å². The second-order valence-electron chi connectivity index (χ2n) is 8.73. The number of rotatable bonds is 6. The van der Waals surface area contributed by atoms with Crippen molar-refractivity contribution in [3.63, 3.8) is 0 Å². The van der Waals surface area contributed by atoms with Gasteiger partial charge in [-0.15, -0.1) is 0 Å². The third-order valence-electron chi connectivity index (χ3n) is 4.93. The molecule has 0 N–H and O–H groups in total. The van der Waals surface area contributed by atoms with Gasteiger partial charge in [0, 0.05) is 37.5 Å². The number of fused-ring (bicyclic) bond motifs is 1. The Balaban J connectivity index is 1.59. The number of carbonyl (C=O) groups excluding carboxylic acids is 2. The van der Waals surface area contributed by atoms with Gasteiger partial charge in [0.15, 0.2) is 0 Å². The third kappa shape index (κ3) is 5.17. The van der Waals surface area contributed by atoms with Crippen molar-refractivity contribution in [1.82, 2.24) is 0 Å². The highest BCUT2D eigenvalue weighted by molar-refractivity contribution is 6.10. The minimum absolute atomic E-state index is 0.0429. The van der Waals surface area contributed by atoms with Crippen LogP contribution in [-0.2, 0) is 22.5 Å². The van der Waals surface area contributed by atoms with Crippen LogP contribution in [-0.4, -0.2) is 31.6 Å². The maximum absolute atomic E-state index is 12.9. The second-order valence-corrected chi connectivity index (χ2v) is 8.73. The molecule has 154 valence electrons. The van der Waals surface area contributed by atoms with E-state index in [2.05, 4.69) is 0 Å². The van der Waals surface area contributed by atoms with Crippen molar-refractivity contribution in [2.45, 2.75) is 52.2 Å². The van der Waals surface area contributed by atoms with Crippen LogP contribution in [0.1, 0.15) is 55.1 Å². The Kier molecular flexibility index (Phi) is 5.96. The minimum Gasteiger partial charge on any atom is -0.460 e. The number of ether oxygens (including phenoxy) is 1. The molecule has 2 aromatic rings. The van der Waals surface area contributed by atoms with E-state index in [1.807, 2.05) is 87.1 Å². The van der Waals surface area contributed by atoms with E-state index < -0.39 is 5.60 Å². The number of aryl methyl sites for hydroxylation is 1. The molecule has 5 heteroatoms. The summed E-state index contributed by atoms with van der Waals surface area (Å²) in [4.78, 5) is 28.5. The number of esters is 1. The number of anilines is 2. The molecule has 1 heterocycles. The summed E-state index contributed by atoms with van der Waals surface area (Å²) in [5.41, 5.74) is 4.47. The van der Waals surface area contributed by atoms with Crippen LogP contribution in [0, 0.1) is 0 Å². The summed E-state index contributed by atoms with van der Waals surface area (Å²) in [6.07, 6.45) is 1.96. The lowest BCUT2D eigenvalue weighted by Gasteiger charge is -2.19. The van der Waals surface area contributed by atoms with Crippen LogP contribution < -0.4 is 9.80 Å². The van der Waals surface area contributed by atoms with E-state index in [1.165, 1.54) is 0 Å². The molecule has 0 unspecified atom stereocenters. The van der Waals surface area contributed by atoms with Crippen molar-refractivity contribution in [3.05, 3.63) is 59.2 Å². The van der Waals surface area contributed by atoms with Gasteiger partial charge in [0.2, 0.25) is 0 Å². The SMILES string of the molecule is CN(C)c1ccc2c(c1)C(=O)N(c1ccc(CCCC(=O)OC(C)(C)C)cc1)C2. The van der Waals surface area contributed by atoms with Crippen LogP contribution >= 0.6 is 0 Å². The Morgan fingerprint density at radius 3 is 2.41 bits per heavy atom. The predicted octanol–water partition coefficient (Wildman–Crippen LogP) is 4.58. The van der Waals surface area contributed by atoms with E-state index in [4.69, 9.17) is 4.74 Å². The molecule has 0 aromatic heterocycles. The van der Waals surface area contributed by atoms with Gasteiger partial charge in [-0.05, 0) is 69.0 Å². The highest BCUT2D eigenvalue weighted by Gasteiger charge is 2.28. The van der Waals surface area contributed by atoms with E-state index in [1.54, 1.807) is 0 Å². The van der Waals surface area contributed by atoms with Gasteiger partial charge in [-0.3, -0.25) is 9.59 Å². The molecule has 0 bridgehead atoms. The average molecular weight is 395 g/mol. The van der Waals surface area contributed by atoms with Gasteiger partial charge >= 0.3 is 5.97 Å². The van der Waals surface area contributed by atoms with Crippen LogP contribution in [0.15, 0.2) is 42.5 Å². The number of nitrogens with zero attached hydrogens (tertiary/aromatic N) is 2. The first-order valence-corrected chi connectivity index (χ1v) is 10.1. The zero-order valence-electron chi connectivity index (χ0n) is 18.0. The molecule has 29 heavy (non-hydrogen) atoms. The fourth-order valence-corrected chi connectivity index (χ4v) is 3.45. The monoisotopic (exact) mass is 394 g/mol. The Morgan fingerprint density at radius 1 is 1.10 bits per heavy atom. The van der Waals surface area contributed by atoms with Crippen LogP contribution in [0.5, 0.6) is 0 Å². The molecule has 5 nitrogen and oxygen atoms in total. The summed E-state index contributed by atoms with van der Waals surface area (Å²) in [6.45, 7) is 6.23. The Labute approximate surface area is 173 Å². The fraction of sp³-hybridized carbons (Fsp3) is 0.417. The third-order valence-corrected chi connectivity index (χ3v) is 4.93. The molecule has 0 fully saturated rings. The molecule has 0 atom stereocenters.